The van der Waals surface area contributed by atoms with Crippen molar-refractivity contribution in [2.45, 2.75) is 26.4 Å². The van der Waals surface area contributed by atoms with Crippen LogP contribution in [0, 0.1) is 5.92 Å². The maximum atomic E-state index is 11.6. The van der Waals surface area contributed by atoms with Crippen LogP contribution in [0.15, 0.2) is 66.7 Å². The molecule has 1 fully saturated rings. The molecule has 0 spiro atoms. The van der Waals surface area contributed by atoms with E-state index in [9.17, 15) is 15.0 Å². The number of carboxylic acids is 1. The maximum Gasteiger partial charge on any atom is 0.335 e. The summed E-state index contributed by atoms with van der Waals surface area (Å²) in [5.41, 5.74) is 4.51. The lowest BCUT2D eigenvalue weighted by Gasteiger charge is -2.38. The van der Waals surface area contributed by atoms with E-state index in [1.807, 2.05) is 37.3 Å². The minimum atomic E-state index is -0.980. The van der Waals surface area contributed by atoms with Gasteiger partial charge in [0, 0.05) is 30.8 Å². The van der Waals surface area contributed by atoms with Crippen LogP contribution in [-0.2, 0) is 0 Å². The number of aromatic carboxylic acids is 1. The van der Waals surface area contributed by atoms with Crippen LogP contribution in [0.4, 0.5) is 0 Å². The molecule has 36 heavy (non-hydrogen) atoms. The fraction of sp³-hybridized carbons (Fsp3) is 0.300. The zero-order valence-electron chi connectivity index (χ0n) is 20.6. The van der Waals surface area contributed by atoms with Crippen LogP contribution in [0.3, 0.4) is 0 Å². The van der Waals surface area contributed by atoms with Crippen molar-refractivity contribution in [3.8, 4) is 17.2 Å². The Labute approximate surface area is 211 Å². The minimum absolute atomic E-state index is 0.152. The molecule has 186 valence electrons. The monoisotopic (exact) mass is 485 g/mol. The molecule has 2 heterocycles. The molecule has 0 aliphatic carbocycles. The molecule has 0 bridgehead atoms. The molecular weight excluding hydrogens is 454 g/mol. The Kier molecular flexibility index (Phi) is 6.70. The zero-order chi connectivity index (χ0) is 25.2. The van der Waals surface area contributed by atoms with Crippen molar-refractivity contribution in [1.29, 1.82) is 0 Å². The predicted octanol–water partition coefficient (Wildman–Crippen LogP) is 5.88. The maximum absolute atomic E-state index is 11.6. The predicted molar refractivity (Wildman–Crippen MR) is 140 cm³/mol. The number of aromatic hydroxyl groups is 1. The van der Waals surface area contributed by atoms with Gasteiger partial charge in [-0.3, -0.25) is 4.90 Å². The highest BCUT2D eigenvalue weighted by Gasteiger charge is 2.30. The van der Waals surface area contributed by atoms with Gasteiger partial charge in [0.05, 0.1) is 5.56 Å². The van der Waals surface area contributed by atoms with E-state index in [1.165, 1.54) is 6.42 Å². The van der Waals surface area contributed by atoms with Crippen LogP contribution in [-0.4, -0.2) is 47.3 Å². The molecule has 2 N–H and O–H groups in total. The fourth-order valence-electron chi connectivity index (χ4n) is 5.01. The van der Waals surface area contributed by atoms with E-state index >= 15 is 0 Å². The topological polar surface area (TPSA) is 79.2 Å². The fourth-order valence-corrected chi connectivity index (χ4v) is 5.01. The van der Waals surface area contributed by atoms with E-state index in [0.717, 1.165) is 59.1 Å². The molecule has 2 aliphatic heterocycles. The minimum Gasteiger partial charge on any atom is -0.508 e. The third kappa shape index (κ3) is 4.82. The normalized spacial score (nSPS) is 17.8. The molecule has 0 saturated carbocycles. The first kappa shape index (κ1) is 23.9. The standard InChI is InChI=1S/C30H31NO5/c1-3-20-17-31(18-20)13-14-35-25-10-7-21(8-11-25)29-28(22-5-4-6-23(15-22)30(33)34)19(2)26-16-24(32)9-12-27(26)36-29/h4-12,15-16,20,29,32H,3,13-14,17-18H2,1-2H3,(H,33,34)/t29-/m1/s1. The first-order valence-corrected chi connectivity index (χ1v) is 12.4. The van der Waals surface area contributed by atoms with Gasteiger partial charge < -0.3 is 19.7 Å². The molecule has 1 saturated heterocycles. The van der Waals surface area contributed by atoms with E-state index < -0.39 is 12.1 Å². The smallest absolute Gasteiger partial charge is 0.335 e. The number of allylic oxidation sites excluding steroid dienone is 1. The first-order chi connectivity index (χ1) is 17.4. The highest BCUT2D eigenvalue weighted by molar-refractivity contribution is 5.97. The van der Waals surface area contributed by atoms with Crippen molar-refractivity contribution >= 4 is 17.1 Å². The van der Waals surface area contributed by atoms with Crippen LogP contribution >= 0.6 is 0 Å². The molecule has 6 nitrogen and oxygen atoms in total. The Morgan fingerprint density at radius 3 is 2.58 bits per heavy atom. The highest BCUT2D eigenvalue weighted by Crippen LogP contribution is 2.47. The van der Waals surface area contributed by atoms with Crippen molar-refractivity contribution < 1.29 is 24.5 Å². The Hall–Kier alpha value is -3.77. The second-order valence-corrected chi connectivity index (χ2v) is 9.55. The largest absolute Gasteiger partial charge is 0.508 e. The van der Waals surface area contributed by atoms with Gasteiger partial charge in [-0.05, 0) is 72.0 Å². The molecule has 0 unspecified atom stereocenters. The zero-order valence-corrected chi connectivity index (χ0v) is 20.6. The second kappa shape index (κ2) is 10.1. The molecular formula is C30H31NO5. The molecule has 6 heteroatoms. The summed E-state index contributed by atoms with van der Waals surface area (Å²) in [6.45, 7) is 8.12. The molecule has 0 radical (unpaired) electrons. The molecule has 3 aromatic rings. The third-order valence-corrected chi connectivity index (χ3v) is 7.17. The number of carbonyl (C=O) groups is 1. The van der Waals surface area contributed by atoms with Gasteiger partial charge in [-0.15, -0.1) is 0 Å². The number of hydrogen-bond donors (Lipinski definition) is 2. The Morgan fingerprint density at radius 2 is 1.86 bits per heavy atom. The Balaban J connectivity index is 1.41. The number of phenols is 1. The van der Waals surface area contributed by atoms with E-state index in [1.54, 1.807) is 36.4 Å². The average molecular weight is 486 g/mol. The van der Waals surface area contributed by atoms with E-state index in [0.29, 0.717) is 12.4 Å². The number of hydrogen-bond acceptors (Lipinski definition) is 5. The van der Waals surface area contributed by atoms with Crippen LogP contribution in [0.25, 0.3) is 11.1 Å². The van der Waals surface area contributed by atoms with Crippen molar-refractivity contribution in [2.24, 2.45) is 5.92 Å². The number of ether oxygens (including phenoxy) is 2. The van der Waals surface area contributed by atoms with Crippen molar-refractivity contribution in [3.05, 3.63) is 89.0 Å². The van der Waals surface area contributed by atoms with E-state index in [-0.39, 0.29) is 11.3 Å². The van der Waals surface area contributed by atoms with Crippen molar-refractivity contribution in [1.82, 2.24) is 4.90 Å². The van der Waals surface area contributed by atoms with Gasteiger partial charge in [-0.1, -0.05) is 37.6 Å². The lowest BCUT2D eigenvalue weighted by Crippen LogP contribution is -2.47. The first-order valence-electron chi connectivity index (χ1n) is 12.4. The summed E-state index contributed by atoms with van der Waals surface area (Å²) in [6.07, 6.45) is 0.803. The van der Waals surface area contributed by atoms with Crippen molar-refractivity contribution in [3.63, 3.8) is 0 Å². The number of phenolic OH excluding ortho intramolecular Hbond substituents is 1. The second-order valence-electron chi connectivity index (χ2n) is 9.55. The summed E-state index contributed by atoms with van der Waals surface area (Å²) in [7, 11) is 0. The quantitative estimate of drug-likeness (QED) is 0.415. The lowest BCUT2D eigenvalue weighted by atomic mass is 9.85. The Bertz CT molecular complexity index is 1290. The van der Waals surface area contributed by atoms with Crippen LogP contribution < -0.4 is 9.47 Å². The van der Waals surface area contributed by atoms with Crippen molar-refractivity contribution in [2.75, 3.05) is 26.2 Å². The molecule has 0 amide bonds. The van der Waals surface area contributed by atoms with Crippen LogP contribution in [0.1, 0.15) is 53.4 Å². The summed E-state index contributed by atoms with van der Waals surface area (Å²) in [6, 6.07) is 19.8. The Morgan fingerprint density at radius 1 is 1.08 bits per heavy atom. The van der Waals surface area contributed by atoms with E-state index in [4.69, 9.17) is 9.47 Å². The summed E-state index contributed by atoms with van der Waals surface area (Å²) >= 11 is 0. The average Bonchev–Trinajstić information content (AvgIpc) is 2.86. The summed E-state index contributed by atoms with van der Waals surface area (Å²) in [4.78, 5) is 14.1. The number of nitrogens with zero attached hydrogens (tertiary/aromatic N) is 1. The van der Waals surface area contributed by atoms with Gasteiger partial charge in [0.2, 0.25) is 0 Å². The van der Waals surface area contributed by atoms with Crippen LogP contribution in [0.5, 0.6) is 17.2 Å². The number of likely N-dealkylation sites (tertiary alicyclic amines) is 1. The molecule has 5 rings (SSSR count). The highest BCUT2D eigenvalue weighted by atomic mass is 16.5. The van der Waals surface area contributed by atoms with Gasteiger partial charge >= 0.3 is 5.97 Å². The summed E-state index contributed by atoms with van der Waals surface area (Å²) in [5, 5.41) is 19.6. The van der Waals surface area contributed by atoms with Gasteiger partial charge in [-0.2, -0.15) is 0 Å². The van der Waals surface area contributed by atoms with Crippen LogP contribution in [0.2, 0.25) is 0 Å². The molecule has 2 aliphatic rings. The number of fused-ring (bicyclic) bond motifs is 1. The number of carboxylic acid groups (broad SMARTS) is 1. The molecule has 1 atom stereocenters. The number of benzene rings is 3. The molecule has 3 aromatic carbocycles. The lowest BCUT2D eigenvalue weighted by molar-refractivity contribution is 0.0696. The van der Waals surface area contributed by atoms with Gasteiger partial charge in [0.1, 0.15) is 30.0 Å². The summed E-state index contributed by atoms with van der Waals surface area (Å²) in [5.74, 6) is 1.48. The number of rotatable bonds is 8. The van der Waals surface area contributed by atoms with Gasteiger partial charge in [0.15, 0.2) is 0 Å². The third-order valence-electron chi connectivity index (χ3n) is 7.17. The molecule has 0 aromatic heterocycles. The van der Waals surface area contributed by atoms with Gasteiger partial charge in [-0.25, -0.2) is 4.79 Å². The van der Waals surface area contributed by atoms with Gasteiger partial charge in [0.25, 0.3) is 0 Å². The SMILES string of the molecule is CCC1CN(CCOc2ccc([C@H]3Oc4ccc(O)cc4C(C)=C3c3cccc(C(=O)O)c3)cc2)C1. The van der Waals surface area contributed by atoms with E-state index in [2.05, 4.69) is 11.8 Å². The summed E-state index contributed by atoms with van der Waals surface area (Å²) < 4.78 is 12.4.